The molecular weight excluding hydrogens is 1260 g/mol. The minimum Gasteiger partial charge on any atom is -0.494 e. The highest BCUT2D eigenvalue weighted by Crippen LogP contribution is 2.32. The third-order valence-corrected chi connectivity index (χ3v) is 17.4. The topological polar surface area (TPSA) is 364 Å². The molecular formula is C64H90F2N14O14S. The van der Waals surface area contributed by atoms with E-state index >= 15 is 0 Å². The molecule has 3 fully saturated rings. The molecule has 8 N–H and O–H groups in total. The van der Waals surface area contributed by atoms with Crippen molar-refractivity contribution in [1.82, 2.24) is 60.6 Å². The van der Waals surface area contributed by atoms with Crippen molar-refractivity contribution in [2.45, 2.75) is 89.3 Å². The van der Waals surface area contributed by atoms with Gasteiger partial charge in [0, 0.05) is 134 Å². The second-order valence-electron chi connectivity index (χ2n) is 24.0. The Hall–Kier alpha value is -7.99. The Morgan fingerprint density at radius 3 is 1.99 bits per heavy atom. The van der Waals surface area contributed by atoms with Gasteiger partial charge in [0.1, 0.15) is 23.9 Å². The van der Waals surface area contributed by atoms with Crippen LogP contribution in [0, 0.1) is 18.3 Å². The van der Waals surface area contributed by atoms with Gasteiger partial charge in [-0.15, -0.1) is 0 Å². The quantitative estimate of drug-likeness (QED) is 0.0238. The summed E-state index contributed by atoms with van der Waals surface area (Å²) in [5.41, 5.74) is 2.98. The van der Waals surface area contributed by atoms with Gasteiger partial charge in [0.05, 0.1) is 68.9 Å². The van der Waals surface area contributed by atoms with Crippen LogP contribution in [0.15, 0.2) is 59.7 Å². The highest BCUT2D eigenvalue weighted by molar-refractivity contribution is 7.99. The van der Waals surface area contributed by atoms with Crippen LogP contribution < -0.4 is 26.0 Å². The molecule has 3 saturated heterocycles. The summed E-state index contributed by atoms with van der Waals surface area (Å²) in [4.78, 5) is 135. The molecule has 1 aromatic heterocycles. The third kappa shape index (κ3) is 27.3. The van der Waals surface area contributed by atoms with Crippen molar-refractivity contribution in [3.05, 3.63) is 71.4 Å². The Kier molecular flexibility index (Phi) is 31.3. The predicted molar refractivity (Wildman–Crippen MR) is 349 cm³/mol. The zero-order valence-corrected chi connectivity index (χ0v) is 54.9. The summed E-state index contributed by atoms with van der Waals surface area (Å²) in [6, 6.07) is 14.1. The van der Waals surface area contributed by atoms with Gasteiger partial charge < -0.3 is 56.2 Å². The standard InChI is InChI=1S/C64H90F2N14O14S/c1-45-10-12-47(13-11-45)7-5-9-55(82)72-46(2)68-17-4-3-8-53(73-56(83)39-75-21-23-76(40-58(85)86)25-27-78(42-60(89)90)28-26-77(24-22-75)41-59(87)88)62(92)70-19-34-95-43-54(81)63(93)79-31-29-74(30-32-79)20-6-33-94-49-14-15-52-51(35-49)50(16-18-69-52)61(91)71-38-57(84)80-44-64(65,66)36-48(80)37-67/h10-16,18,35,48,53-54,81H,3-9,17,19-34,36,38-44H2,1-2H3,(H,70,92)(H,71,91)(H,73,83)(H,85,86)(H,87,88)(H,89,90)(H,68,72,82)/t48-,53?,54-/m1/s1. The number of amidine groups is 1. The summed E-state index contributed by atoms with van der Waals surface area (Å²) in [6.07, 6.45) is 2.94. The number of aliphatic carboxylic acids is 3. The molecule has 0 bridgehead atoms. The number of aliphatic hydroxyl groups is 1. The maximum atomic E-state index is 13.9. The lowest BCUT2D eigenvalue weighted by atomic mass is 10.1. The van der Waals surface area contributed by atoms with Gasteiger partial charge in [0.25, 0.3) is 17.7 Å². The first kappa shape index (κ1) is 76.0. The van der Waals surface area contributed by atoms with Gasteiger partial charge in [-0.05, 0) is 82.2 Å². The highest BCUT2D eigenvalue weighted by atomic mass is 32.2. The molecule has 3 aliphatic heterocycles. The number of unbranched alkanes of at least 4 members (excludes halogenated alkanes) is 1. The number of halogens is 2. The number of aryl methyl sites for hydroxylation is 2. The number of benzene rings is 2. The average molecular weight is 1350 g/mol. The Morgan fingerprint density at radius 1 is 0.768 bits per heavy atom. The van der Waals surface area contributed by atoms with E-state index in [9.17, 15) is 77.6 Å². The first-order chi connectivity index (χ1) is 45.4. The number of thioether (sulfide) groups is 1. The van der Waals surface area contributed by atoms with Crippen LogP contribution in [0.4, 0.5) is 8.78 Å². The molecule has 28 nitrogen and oxygen atoms in total. The fraction of sp³-hybridized carbons (Fsp3) is 0.594. The number of ether oxygens (including phenoxy) is 1. The van der Waals surface area contributed by atoms with E-state index in [4.69, 9.17) is 4.74 Å². The van der Waals surface area contributed by atoms with Crippen molar-refractivity contribution in [3.63, 3.8) is 0 Å². The molecule has 31 heteroatoms. The first-order valence-electron chi connectivity index (χ1n) is 32.1. The summed E-state index contributed by atoms with van der Waals surface area (Å²) in [5, 5.41) is 60.6. The van der Waals surface area contributed by atoms with E-state index in [1.807, 2.05) is 31.2 Å². The molecule has 2 aromatic carbocycles. The normalized spacial score (nSPS) is 17.9. The van der Waals surface area contributed by atoms with Gasteiger partial charge in [-0.2, -0.15) is 17.0 Å². The largest absolute Gasteiger partial charge is 0.494 e. The number of carbonyl (C=O) groups is 9. The number of rotatable bonds is 33. The summed E-state index contributed by atoms with van der Waals surface area (Å²) in [5.74, 6) is -8.11. The van der Waals surface area contributed by atoms with Crippen LogP contribution in [0.1, 0.15) is 73.4 Å². The number of aromatic nitrogens is 1. The van der Waals surface area contributed by atoms with Crippen molar-refractivity contribution in [1.29, 1.82) is 5.26 Å². The molecule has 6 rings (SSSR count). The van der Waals surface area contributed by atoms with Gasteiger partial charge in [0.15, 0.2) is 0 Å². The lowest BCUT2D eigenvalue weighted by Gasteiger charge is -2.35. The van der Waals surface area contributed by atoms with Crippen molar-refractivity contribution in [2.75, 3.05) is 156 Å². The number of piperazine rings is 1. The van der Waals surface area contributed by atoms with E-state index in [-0.39, 0.29) is 109 Å². The number of carbonyl (C=O) groups excluding carboxylic acids is 6. The molecule has 0 saturated carbocycles. The number of carboxylic acids is 3. The Morgan fingerprint density at radius 2 is 1.38 bits per heavy atom. The number of fused-ring (bicyclic) bond motifs is 1. The molecule has 6 amide bonds. The number of alkyl halides is 2. The summed E-state index contributed by atoms with van der Waals surface area (Å²) in [7, 11) is 0. The number of hydrogen-bond acceptors (Lipinski definition) is 20. The van der Waals surface area contributed by atoms with E-state index in [1.165, 1.54) is 24.0 Å². The van der Waals surface area contributed by atoms with Crippen LogP contribution in [0.2, 0.25) is 0 Å². The molecule has 0 radical (unpaired) electrons. The highest BCUT2D eigenvalue weighted by Gasteiger charge is 2.47. The second kappa shape index (κ2) is 39.1. The smallest absolute Gasteiger partial charge is 0.317 e. The third-order valence-electron chi connectivity index (χ3n) is 16.4. The van der Waals surface area contributed by atoms with Crippen molar-refractivity contribution >= 4 is 81.9 Å². The van der Waals surface area contributed by atoms with Crippen LogP contribution in [0.25, 0.3) is 10.9 Å². The SMILES string of the molecule is C/C(=N\CCCCC(NC(=O)CN1CCN(CC(=O)O)CCN(CC(=O)O)CCN(CC(=O)O)CC1)C(=O)NCCSC[C@@H](O)C(=O)N1CCN(CCCOc2ccc3nccc(C(=O)NCC(=O)N4CC(F)(F)C[C@@H]4C#N)c3c2)CC1)NC(=O)CCCc1ccc(C)cc1. The molecule has 0 spiro atoms. The number of carboxylic acid groups (broad SMARTS) is 3. The zero-order valence-electron chi connectivity index (χ0n) is 54.1. The van der Waals surface area contributed by atoms with Crippen molar-refractivity contribution < 1.29 is 77.1 Å². The lowest BCUT2D eigenvalue weighted by Crippen LogP contribution is -2.52. The number of likely N-dealkylation sites (tertiary alicyclic amines) is 1. The first-order valence-corrected chi connectivity index (χ1v) is 33.2. The van der Waals surface area contributed by atoms with Gasteiger partial charge in [-0.25, -0.2) is 8.78 Å². The number of pyridine rings is 1. The minimum atomic E-state index is -3.19. The average Bonchev–Trinajstić information content (AvgIpc) is 1.73. The number of nitriles is 1. The molecule has 4 heterocycles. The van der Waals surface area contributed by atoms with E-state index in [2.05, 4.69) is 36.1 Å². The molecule has 95 heavy (non-hydrogen) atoms. The monoisotopic (exact) mass is 1350 g/mol. The number of aliphatic hydroxyl groups excluding tert-OH is 1. The molecule has 520 valence electrons. The van der Waals surface area contributed by atoms with Gasteiger partial charge >= 0.3 is 17.9 Å². The number of hydrogen-bond donors (Lipinski definition) is 8. The lowest BCUT2D eigenvalue weighted by molar-refractivity contribution is -0.141. The van der Waals surface area contributed by atoms with Crippen LogP contribution in [0.3, 0.4) is 0 Å². The van der Waals surface area contributed by atoms with Gasteiger partial charge in [0.2, 0.25) is 23.6 Å². The minimum absolute atomic E-state index is 0.0628. The van der Waals surface area contributed by atoms with E-state index in [1.54, 1.807) is 55.7 Å². The Balaban J connectivity index is 0.946. The Labute approximate surface area is 555 Å². The van der Waals surface area contributed by atoms with Crippen LogP contribution >= 0.6 is 11.8 Å². The predicted octanol–water partition coefficient (Wildman–Crippen LogP) is 0.844. The molecule has 1 unspecified atom stereocenters. The molecule has 3 atom stereocenters. The van der Waals surface area contributed by atoms with Crippen LogP contribution in [-0.2, 0) is 44.8 Å². The van der Waals surface area contributed by atoms with E-state index in [0.29, 0.717) is 106 Å². The fourth-order valence-electron chi connectivity index (χ4n) is 11.2. The molecule has 3 aliphatic rings. The second-order valence-corrected chi connectivity index (χ2v) is 25.1. The molecule has 0 aliphatic carbocycles. The fourth-order valence-corrected chi connectivity index (χ4v) is 12.0. The number of nitrogens with zero attached hydrogens (tertiary/aromatic N) is 10. The maximum Gasteiger partial charge on any atom is 0.317 e. The van der Waals surface area contributed by atoms with Crippen molar-refractivity contribution in [3.8, 4) is 11.8 Å². The summed E-state index contributed by atoms with van der Waals surface area (Å²) >= 11 is 1.27. The van der Waals surface area contributed by atoms with E-state index < -0.39 is 91.1 Å². The van der Waals surface area contributed by atoms with Gasteiger partial charge in [-0.1, -0.05) is 29.8 Å². The zero-order chi connectivity index (χ0) is 68.9. The van der Waals surface area contributed by atoms with E-state index in [0.717, 1.165) is 22.4 Å². The van der Waals surface area contributed by atoms with Gasteiger partial charge in [-0.3, -0.25) is 77.6 Å². The maximum absolute atomic E-state index is 13.9. The van der Waals surface area contributed by atoms with Crippen molar-refractivity contribution in [2.24, 2.45) is 4.99 Å². The molecule has 3 aromatic rings. The number of amides is 6. The number of nitrogens with one attached hydrogen (secondary N) is 4. The van der Waals surface area contributed by atoms with Crippen LogP contribution in [0.5, 0.6) is 5.75 Å². The summed E-state index contributed by atoms with van der Waals surface area (Å²) in [6.45, 7) is 5.95. The number of aliphatic imine (C=N–C) groups is 1. The summed E-state index contributed by atoms with van der Waals surface area (Å²) < 4.78 is 33.9. The Bertz CT molecular complexity index is 3120. The van der Waals surface area contributed by atoms with Crippen LogP contribution in [-0.4, -0.2) is 299 Å².